The number of fused-ring (bicyclic) bond motifs is 1. The summed E-state index contributed by atoms with van der Waals surface area (Å²) in [6.45, 7) is 6.37. The molecule has 0 amide bonds. The van der Waals surface area contributed by atoms with E-state index in [-0.39, 0.29) is 0 Å². The van der Waals surface area contributed by atoms with E-state index in [4.69, 9.17) is 4.74 Å². The van der Waals surface area contributed by atoms with Crippen LogP contribution in [0.15, 0.2) is 36.7 Å². The van der Waals surface area contributed by atoms with E-state index < -0.39 is 0 Å². The van der Waals surface area contributed by atoms with Crippen molar-refractivity contribution in [3.8, 4) is 5.75 Å². The summed E-state index contributed by atoms with van der Waals surface area (Å²) in [6.07, 6.45) is 4.24. The number of likely N-dealkylation sites (tertiary alicyclic amines) is 1. The molecular formula is C20H26N4O. The highest BCUT2D eigenvalue weighted by molar-refractivity contribution is 5.40. The van der Waals surface area contributed by atoms with Crippen molar-refractivity contribution in [2.75, 3.05) is 31.6 Å². The summed E-state index contributed by atoms with van der Waals surface area (Å²) in [5.41, 5.74) is 2.36. The SMILES string of the molecule is COc1cccc(CN2CCC3CCN(c4cc(C)ncn4)CC32)c1. The van der Waals surface area contributed by atoms with Crippen molar-refractivity contribution in [3.05, 3.63) is 47.9 Å². The van der Waals surface area contributed by atoms with Gasteiger partial charge in [-0.25, -0.2) is 9.97 Å². The van der Waals surface area contributed by atoms with E-state index in [2.05, 4.69) is 44.0 Å². The van der Waals surface area contributed by atoms with E-state index in [0.29, 0.717) is 6.04 Å². The lowest BCUT2D eigenvalue weighted by atomic mass is 9.92. The molecule has 2 aliphatic heterocycles. The van der Waals surface area contributed by atoms with Crippen LogP contribution in [0.3, 0.4) is 0 Å². The quantitative estimate of drug-likeness (QED) is 0.857. The van der Waals surface area contributed by atoms with Gasteiger partial charge in [0.25, 0.3) is 0 Å². The maximum Gasteiger partial charge on any atom is 0.132 e. The van der Waals surface area contributed by atoms with Crippen LogP contribution in [0, 0.1) is 12.8 Å². The Morgan fingerprint density at radius 1 is 1.16 bits per heavy atom. The molecule has 5 heteroatoms. The van der Waals surface area contributed by atoms with Crippen LogP contribution < -0.4 is 9.64 Å². The fraction of sp³-hybridized carbons (Fsp3) is 0.500. The number of hydrogen-bond donors (Lipinski definition) is 0. The average molecular weight is 338 g/mol. The van der Waals surface area contributed by atoms with Crippen molar-refractivity contribution in [2.45, 2.75) is 32.4 Å². The largest absolute Gasteiger partial charge is 0.497 e. The standard InChI is InChI=1S/C20H26N4O/c1-15-10-20(22-14-21-15)24-9-7-17-6-8-23(19(17)13-24)12-16-4-3-5-18(11-16)25-2/h3-5,10-11,14,17,19H,6-9,12-13H2,1-2H3. The zero-order chi connectivity index (χ0) is 17.2. The second-order valence-corrected chi connectivity index (χ2v) is 7.19. The third-order valence-electron chi connectivity index (χ3n) is 5.61. The van der Waals surface area contributed by atoms with Crippen molar-refractivity contribution in [1.82, 2.24) is 14.9 Å². The number of aryl methyl sites for hydroxylation is 1. The Hall–Kier alpha value is -2.14. The molecule has 3 heterocycles. The summed E-state index contributed by atoms with van der Waals surface area (Å²) in [5, 5.41) is 0. The second-order valence-electron chi connectivity index (χ2n) is 7.19. The van der Waals surface area contributed by atoms with Gasteiger partial charge in [-0.3, -0.25) is 4.90 Å². The number of nitrogens with zero attached hydrogens (tertiary/aromatic N) is 4. The van der Waals surface area contributed by atoms with Gasteiger partial charge >= 0.3 is 0 Å². The monoisotopic (exact) mass is 338 g/mol. The molecule has 2 aliphatic rings. The molecule has 0 saturated carbocycles. The van der Waals surface area contributed by atoms with E-state index in [1.54, 1.807) is 13.4 Å². The van der Waals surface area contributed by atoms with Gasteiger partial charge in [-0.15, -0.1) is 0 Å². The smallest absolute Gasteiger partial charge is 0.132 e. The Morgan fingerprint density at radius 3 is 2.88 bits per heavy atom. The molecule has 25 heavy (non-hydrogen) atoms. The molecule has 1 aromatic carbocycles. The third kappa shape index (κ3) is 3.47. The molecule has 5 nitrogen and oxygen atoms in total. The van der Waals surface area contributed by atoms with Crippen molar-refractivity contribution in [2.24, 2.45) is 5.92 Å². The third-order valence-corrected chi connectivity index (χ3v) is 5.61. The number of methoxy groups -OCH3 is 1. The van der Waals surface area contributed by atoms with Gasteiger partial charge in [0.05, 0.1) is 7.11 Å². The molecule has 0 radical (unpaired) electrons. The minimum absolute atomic E-state index is 0.607. The lowest BCUT2D eigenvalue weighted by Gasteiger charge is -2.39. The molecule has 0 spiro atoms. The van der Waals surface area contributed by atoms with Crippen LogP contribution >= 0.6 is 0 Å². The van der Waals surface area contributed by atoms with Gasteiger partial charge in [0, 0.05) is 37.4 Å². The number of anilines is 1. The maximum absolute atomic E-state index is 5.37. The molecule has 0 aliphatic carbocycles. The fourth-order valence-electron chi connectivity index (χ4n) is 4.25. The van der Waals surface area contributed by atoms with Gasteiger partial charge in [0.2, 0.25) is 0 Å². The molecule has 0 bridgehead atoms. The first kappa shape index (κ1) is 16.3. The zero-order valence-corrected chi connectivity index (χ0v) is 15.1. The number of piperidine rings is 1. The van der Waals surface area contributed by atoms with Gasteiger partial charge in [0.1, 0.15) is 17.9 Å². The molecule has 132 valence electrons. The summed E-state index contributed by atoms with van der Waals surface area (Å²) >= 11 is 0. The Kier molecular flexibility index (Phi) is 4.57. The normalized spacial score (nSPS) is 23.5. The summed E-state index contributed by atoms with van der Waals surface area (Å²) in [6, 6.07) is 11.2. The lowest BCUT2D eigenvalue weighted by Crippen LogP contribution is -2.48. The molecule has 0 N–H and O–H groups in total. The molecular weight excluding hydrogens is 312 g/mol. The first-order valence-electron chi connectivity index (χ1n) is 9.13. The highest BCUT2D eigenvalue weighted by atomic mass is 16.5. The number of hydrogen-bond acceptors (Lipinski definition) is 5. The number of benzene rings is 1. The van der Waals surface area contributed by atoms with E-state index in [9.17, 15) is 0 Å². The van der Waals surface area contributed by atoms with Crippen molar-refractivity contribution >= 4 is 5.82 Å². The van der Waals surface area contributed by atoms with E-state index in [1.165, 1.54) is 24.9 Å². The molecule has 2 unspecified atom stereocenters. The van der Waals surface area contributed by atoms with Crippen LogP contribution in [0.4, 0.5) is 5.82 Å². The Bertz CT molecular complexity index is 735. The summed E-state index contributed by atoms with van der Waals surface area (Å²) in [7, 11) is 1.73. The minimum atomic E-state index is 0.607. The van der Waals surface area contributed by atoms with Crippen LogP contribution in [0.1, 0.15) is 24.1 Å². The Labute approximate surface area is 149 Å². The molecule has 2 atom stereocenters. The van der Waals surface area contributed by atoms with Crippen molar-refractivity contribution in [3.63, 3.8) is 0 Å². The lowest BCUT2D eigenvalue weighted by molar-refractivity contribution is 0.200. The van der Waals surface area contributed by atoms with Crippen LogP contribution in [-0.4, -0.2) is 47.7 Å². The Balaban J connectivity index is 1.48. The molecule has 2 aromatic rings. The summed E-state index contributed by atoms with van der Waals surface area (Å²) in [5.74, 6) is 2.82. The average Bonchev–Trinajstić information content (AvgIpc) is 3.04. The van der Waals surface area contributed by atoms with Crippen LogP contribution in [0.5, 0.6) is 5.75 Å². The molecule has 2 saturated heterocycles. The molecule has 2 fully saturated rings. The van der Waals surface area contributed by atoms with Gasteiger partial charge in [-0.2, -0.15) is 0 Å². The number of rotatable bonds is 4. The highest BCUT2D eigenvalue weighted by Crippen LogP contribution is 2.34. The minimum Gasteiger partial charge on any atom is -0.497 e. The van der Waals surface area contributed by atoms with Gasteiger partial charge in [-0.1, -0.05) is 12.1 Å². The zero-order valence-electron chi connectivity index (χ0n) is 15.1. The summed E-state index contributed by atoms with van der Waals surface area (Å²) in [4.78, 5) is 13.8. The van der Waals surface area contributed by atoms with E-state index in [0.717, 1.165) is 42.8 Å². The maximum atomic E-state index is 5.37. The molecule has 1 aromatic heterocycles. The predicted molar refractivity (Wildman–Crippen MR) is 98.9 cm³/mol. The van der Waals surface area contributed by atoms with Crippen molar-refractivity contribution < 1.29 is 4.74 Å². The van der Waals surface area contributed by atoms with Gasteiger partial charge in [-0.05, 0) is 49.9 Å². The predicted octanol–water partition coefficient (Wildman–Crippen LogP) is 2.89. The number of ether oxygens (including phenoxy) is 1. The highest BCUT2D eigenvalue weighted by Gasteiger charge is 2.38. The first-order chi connectivity index (χ1) is 12.2. The number of aromatic nitrogens is 2. The van der Waals surface area contributed by atoms with E-state index in [1.807, 2.05) is 13.0 Å². The second kappa shape index (κ2) is 7.00. The van der Waals surface area contributed by atoms with Crippen LogP contribution in [0.25, 0.3) is 0 Å². The summed E-state index contributed by atoms with van der Waals surface area (Å²) < 4.78 is 5.37. The van der Waals surface area contributed by atoms with Crippen LogP contribution in [-0.2, 0) is 6.54 Å². The van der Waals surface area contributed by atoms with E-state index >= 15 is 0 Å². The topological polar surface area (TPSA) is 41.5 Å². The van der Waals surface area contributed by atoms with Crippen LogP contribution in [0.2, 0.25) is 0 Å². The first-order valence-corrected chi connectivity index (χ1v) is 9.13. The van der Waals surface area contributed by atoms with Gasteiger partial charge < -0.3 is 9.64 Å². The fourth-order valence-corrected chi connectivity index (χ4v) is 4.25. The van der Waals surface area contributed by atoms with Crippen molar-refractivity contribution in [1.29, 1.82) is 0 Å². The molecule has 4 rings (SSSR count). The van der Waals surface area contributed by atoms with Gasteiger partial charge in [0.15, 0.2) is 0 Å². The Morgan fingerprint density at radius 2 is 2.04 bits per heavy atom.